The minimum absolute atomic E-state index is 0.0477. The fraction of sp³-hybridized carbons (Fsp3) is 0.364. The number of halogens is 2. The number of piperazine rings is 1. The van der Waals surface area contributed by atoms with Gasteiger partial charge in [0.15, 0.2) is 0 Å². The van der Waals surface area contributed by atoms with Gasteiger partial charge in [-0.25, -0.2) is 8.78 Å². The molecule has 1 aliphatic heterocycles. The Balaban J connectivity index is 1.48. The van der Waals surface area contributed by atoms with Gasteiger partial charge in [-0.1, -0.05) is 31.2 Å². The van der Waals surface area contributed by atoms with E-state index in [2.05, 4.69) is 20.0 Å². The zero-order valence-corrected chi connectivity index (χ0v) is 16.4. The summed E-state index contributed by atoms with van der Waals surface area (Å²) in [7, 11) is 0. The summed E-state index contributed by atoms with van der Waals surface area (Å²) in [4.78, 5) is 4.64. The van der Waals surface area contributed by atoms with Crippen molar-refractivity contribution in [3.8, 4) is 0 Å². The van der Waals surface area contributed by atoms with Gasteiger partial charge in [-0.3, -0.25) is 9.80 Å². The zero-order valence-electron chi connectivity index (χ0n) is 16.4. The molecule has 3 aromatic rings. The van der Waals surface area contributed by atoms with Crippen LogP contribution in [-0.4, -0.2) is 46.2 Å². The Kier molecular flexibility index (Phi) is 5.97. The molecule has 0 aliphatic carbocycles. The van der Waals surface area contributed by atoms with Crippen LogP contribution in [0.3, 0.4) is 0 Å². The van der Waals surface area contributed by atoms with Gasteiger partial charge in [-0.2, -0.15) is 0 Å². The molecule has 4 rings (SSSR count). The van der Waals surface area contributed by atoms with Crippen LogP contribution in [0.2, 0.25) is 0 Å². The molecule has 0 unspecified atom stereocenters. The molecular weight excluding hydrogens is 374 g/mol. The standard InChI is InChI=1S/C22H24F2N4O/c1-2-20-25-26-21(29-20)15-27-11-13-28(14-12-27)22(16-3-7-18(23)8-4-16)17-5-9-19(24)10-6-17/h3-10,22H,2,11-15H2,1H3. The quantitative estimate of drug-likeness (QED) is 0.632. The predicted molar refractivity (Wildman–Crippen MR) is 105 cm³/mol. The average Bonchev–Trinajstić information content (AvgIpc) is 3.20. The van der Waals surface area contributed by atoms with Gasteiger partial charge in [0, 0.05) is 32.6 Å². The van der Waals surface area contributed by atoms with Gasteiger partial charge in [-0.05, 0) is 35.4 Å². The van der Waals surface area contributed by atoms with Crippen molar-refractivity contribution in [1.82, 2.24) is 20.0 Å². The molecule has 152 valence electrons. The molecule has 0 N–H and O–H groups in total. The van der Waals surface area contributed by atoms with E-state index < -0.39 is 0 Å². The summed E-state index contributed by atoms with van der Waals surface area (Å²) in [5, 5.41) is 8.13. The summed E-state index contributed by atoms with van der Waals surface area (Å²) in [6.45, 7) is 5.98. The van der Waals surface area contributed by atoms with Gasteiger partial charge in [-0.15, -0.1) is 10.2 Å². The molecule has 1 saturated heterocycles. The smallest absolute Gasteiger partial charge is 0.230 e. The molecule has 1 aromatic heterocycles. The minimum atomic E-state index is -0.262. The molecule has 1 fully saturated rings. The highest BCUT2D eigenvalue weighted by atomic mass is 19.1. The van der Waals surface area contributed by atoms with Crippen LogP contribution in [0.15, 0.2) is 52.9 Å². The van der Waals surface area contributed by atoms with Crippen molar-refractivity contribution in [2.45, 2.75) is 25.9 Å². The van der Waals surface area contributed by atoms with Crippen molar-refractivity contribution in [1.29, 1.82) is 0 Å². The second-order valence-corrected chi connectivity index (χ2v) is 7.26. The van der Waals surface area contributed by atoms with Gasteiger partial charge in [0.05, 0.1) is 12.6 Å². The number of aromatic nitrogens is 2. The molecule has 0 saturated carbocycles. The Hall–Kier alpha value is -2.64. The molecule has 29 heavy (non-hydrogen) atoms. The van der Waals surface area contributed by atoms with Gasteiger partial charge >= 0.3 is 0 Å². The van der Waals surface area contributed by atoms with Crippen LogP contribution in [0, 0.1) is 11.6 Å². The topological polar surface area (TPSA) is 45.4 Å². The third kappa shape index (κ3) is 4.68. The third-order valence-electron chi connectivity index (χ3n) is 5.31. The van der Waals surface area contributed by atoms with Crippen LogP contribution >= 0.6 is 0 Å². The van der Waals surface area contributed by atoms with E-state index in [1.165, 1.54) is 24.3 Å². The van der Waals surface area contributed by atoms with E-state index in [0.717, 1.165) is 43.7 Å². The van der Waals surface area contributed by atoms with Gasteiger partial charge in [0.2, 0.25) is 11.8 Å². The number of hydrogen-bond donors (Lipinski definition) is 0. The molecule has 1 aliphatic rings. The fourth-order valence-corrected chi connectivity index (χ4v) is 3.77. The molecular formula is C22H24F2N4O. The fourth-order valence-electron chi connectivity index (χ4n) is 3.77. The molecule has 0 spiro atoms. The maximum Gasteiger partial charge on any atom is 0.230 e. The molecule has 2 heterocycles. The predicted octanol–water partition coefficient (Wildman–Crippen LogP) is 3.82. The summed E-state index contributed by atoms with van der Waals surface area (Å²) >= 11 is 0. The van der Waals surface area contributed by atoms with Crippen molar-refractivity contribution in [3.63, 3.8) is 0 Å². The lowest BCUT2D eigenvalue weighted by molar-refractivity contribution is 0.0981. The van der Waals surface area contributed by atoms with Crippen LogP contribution in [0.4, 0.5) is 8.78 Å². The first kappa shape index (κ1) is 19.7. The Morgan fingerprint density at radius 1 is 0.828 bits per heavy atom. The lowest BCUT2D eigenvalue weighted by atomic mass is 9.96. The van der Waals surface area contributed by atoms with Gasteiger partial charge in [0.1, 0.15) is 11.6 Å². The van der Waals surface area contributed by atoms with Crippen LogP contribution in [0.25, 0.3) is 0 Å². The van der Waals surface area contributed by atoms with E-state index in [1.54, 1.807) is 24.3 Å². The monoisotopic (exact) mass is 398 g/mol. The van der Waals surface area contributed by atoms with Crippen LogP contribution in [0.1, 0.15) is 35.9 Å². The Labute approximate surface area is 169 Å². The highest BCUT2D eigenvalue weighted by Crippen LogP contribution is 2.30. The first-order chi connectivity index (χ1) is 14.1. The first-order valence-electron chi connectivity index (χ1n) is 9.91. The van der Waals surface area contributed by atoms with Crippen molar-refractivity contribution < 1.29 is 13.2 Å². The van der Waals surface area contributed by atoms with Crippen molar-refractivity contribution in [3.05, 3.63) is 83.1 Å². The Bertz CT molecular complexity index is 873. The van der Waals surface area contributed by atoms with E-state index >= 15 is 0 Å². The largest absolute Gasteiger partial charge is 0.424 e. The highest BCUT2D eigenvalue weighted by Gasteiger charge is 2.27. The van der Waals surface area contributed by atoms with E-state index in [1.807, 2.05) is 6.92 Å². The normalized spacial score (nSPS) is 15.9. The van der Waals surface area contributed by atoms with E-state index in [9.17, 15) is 8.78 Å². The maximum atomic E-state index is 13.4. The molecule has 7 heteroatoms. The summed E-state index contributed by atoms with van der Waals surface area (Å²) in [5.74, 6) is 0.778. The summed E-state index contributed by atoms with van der Waals surface area (Å²) in [6, 6.07) is 13.1. The van der Waals surface area contributed by atoms with Crippen LogP contribution in [0.5, 0.6) is 0 Å². The molecule has 0 radical (unpaired) electrons. The van der Waals surface area contributed by atoms with E-state index in [4.69, 9.17) is 4.42 Å². The summed E-state index contributed by atoms with van der Waals surface area (Å²) in [5.41, 5.74) is 1.99. The molecule has 0 amide bonds. The number of nitrogens with zero attached hydrogens (tertiary/aromatic N) is 4. The Morgan fingerprint density at radius 3 is 1.83 bits per heavy atom. The number of aryl methyl sites for hydroxylation is 1. The maximum absolute atomic E-state index is 13.4. The van der Waals surface area contributed by atoms with Crippen molar-refractivity contribution in [2.24, 2.45) is 0 Å². The first-order valence-corrected chi connectivity index (χ1v) is 9.91. The third-order valence-corrected chi connectivity index (χ3v) is 5.31. The second kappa shape index (κ2) is 8.80. The SMILES string of the molecule is CCc1nnc(CN2CCN(C(c3ccc(F)cc3)c3ccc(F)cc3)CC2)o1. The highest BCUT2D eigenvalue weighted by molar-refractivity contribution is 5.32. The van der Waals surface area contributed by atoms with Gasteiger partial charge < -0.3 is 4.42 Å². The van der Waals surface area contributed by atoms with Crippen LogP contribution in [-0.2, 0) is 13.0 Å². The minimum Gasteiger partial charge on any atom is -0.424 e. The second-order valence-electron chi connectivity index (χ2n) is 7.26. The average molecular weight is 398 g/mol. The van der Waals surface area contributed by atoms with Crippen LogP contribution < -0.4 is 0 Å². The molecule has 0 bridgehead atoms. The number of benzene rings is 2. The number of hydrogen-bond acceptors (Lipinski definition) is 5. The number of rotatable bonds is 6. The van der Waals surface area contributed by atoms with Crippen molar-refractivity contribution >= 4 is 0 Å². The molecule has 2 aromatic carbocycles. The van der Waals surface area contributed by atoms with Gasteiger partial charge in [0.25, 0.3) is 0 Å². The zero-order chi connectivity index (χ0) is 20.2. The van der Waals surface area contributed by atoms with Crippen molar-refractivity contribution in [2.75, 3.05) is 26.2 Å². The van der Waals surface area contributed by atoms with E-state index in [-0.39, 0.29) is 17.7 Å². The molecule has 5 nitrogen and oxygen atoms in total. The summed E-state index contributed by atoms with van der Waals surface area (Å²) in [6.07, 6.45) is 0.734. The van der Waals surface area contributed by atoms with E-state index in [0.29, 0.717) is 18.3 Å². The lowest BCUT2D eigenvalue weighted by Crippen LogP contribution is -2.47. The lowest BCUT2D eigenvalue weighted by Gasteiger charge is -2.39. The Morgan fingerprint density at radius 2 is 1.34 bits per heavy atom. The molecule has 0 atom stereocenters. The summed E-state index contributed by atoms with van der Waals surface area (Å²) < 4.78 is 32.5.